The molecule has 0 saturated carbocycles. The van der Waals surface area contributed by atoms with Gasteiger partial charge in [-0.25, -0.2) is 4.79 Å². The highest BCUT2D eigenvalue weighted by atomic mass is 16.4. The molecule has 27 heavy (non-hydrogen) atoms. The quantitative estimate of drug-likeness (QED) is 0.775. The van der Waals surface area contributed by atoms with Crippen molar-refractivity contribution < 1.29 is 14.7 Å². The molecule has 3 aromatic rings. The standard InChI is InChI=1S/C21H19N3O3/c25-20(18-11-22-23(13-18)12-15-6-2-1-3-7-15)24-14-17-9-5-4-8-16(17)10-19(24)21(26)27/h1-9,11,13,19H,10,12,14H2,(H,26,27)/t19-/m0/s1. The summed E-state index contributed by atoms with van der Waals surface area (Å²) in [6, 6.07) is 16.6. The number of aliphatic carboxylic acids is 1. The van der Waals surface area contributed by atoms with Gasteiger partial charge in [0.05, 0.1) is 18.3 Å². The van der Waals surface area contributed by atoms with Crippen LogP contribution in [0, 0.1) is 0 Å². The predicted octanol–water partition coefficient (Wildman–Crippen LogP) is 2.58. The summed E-state index contributed by atoms with van der Waals surface area (Å²) in [5.74, 6) is -1.30. The number of aromatic nitrogens is 2. The molecule has 1 amide bonds. The number of carboxylic acids is 1. The monoisotopic (exact) mass is 361 g/mol. The van der Waals surface area contributed by atoms with E-state index in [-0.39, 0.29) is 12.5 Å². The Bertz CT molecular complexity index is 981. The molecule has 0 radical (unpaired) electrons. The van der Waals surface area contributed by atoms with Gasteiger partial charge in [-0.3, -0.25) is 9.48 Å². The van der Waals surface area contributed by atoms with Crippen molar-refractivity contribution in [3.8, 4) is 0 Å². The third-order valence-corrected chi connectivity index (χ3v) is 4.86. The summed E-state index contributed by atoms with van der Waals surface area (Å²) in [7, 11) is 0. The fourth-order valence-electron chi connectivity index (χ4n) is 3.45. The minimum Gasteiger partial charge on any atom is -0.480 e. The number of carbonyl (C=O) groups excluding carboxylic acids is 1. The minimum atomic E-state index is -0.991. The van der Waals surface area contributed by atoms with E-state index >= 15 is 0 Å². The maximum atomic E-state index is 13.0. The fourth-order valence-corrected chi connectivity index (χ4v) is 3.45. The Morgan fingerprint density at radius 3 is 2.48 bits per heavy atom. The van der Waals surface area contributed by atoms with Gasteiger partial charge in [-0.05, 0) is 16.7 Å². The first-order valence-corrected chi connectivity index (χ1v) is 8.79. The third-order valence-electron chi connectivity index (χ3n) is 4.86. The lowest BCUT2D eigenvalue weighted by molar-refractivity contribution is -0.142. The lowest BCUT2D eigenvalue weighted by Crippen LogP contribution is -2.48. The van der Waals surface area contributed by atoms with Gasteiger partial charge in [0.25, 0.3) is 5.91 Å². The first-order chi connectivity index (χ1) is 13.1. The number of fused-ring (bicyclic) bond motifs is 1. The largest absolute Gasteiger partial charge is 0.480 e. The summed E-state index contributed by atoms with van der Waals surface area (Å²) < 4.78 is 1.69. The number of nitrogens with zero attached hydrogens (tertiary/aromatic N) is 3. The maximum absolute atomic E-state index is 13.0. The van der Waals surface area contributed by atoms with Gasteiger partial charge >= 0.3 is 5.97 Å². The number of amides is 1. The Morgan fingerprint density at radius 1 is 1.04 bits per heavy atom. The normalized spacial score (nSPS) is 16.0. The second kappa shape index (κ2) is 7.07. The number of benzene rings is 2. The molecular formula is C21H19N3O3. The highest BCUT2D eigenvalue weighted by Crippen LogP contribution is 2.25. The van der Waals surface area contributed by atoms with E-state index < -0.39 is 12.0 Å². The van der Waals surface area contributed by atoms with E-state index in [0.29, 0.717) is 18.5 Å². The van der Waals surface area contributed by atoms with Crippen molar-refractivity contribution in [2.24, 2.45) is 0 Å². The molecule has 136 valence electrons. The molecule has 0 spiro atoms. The van der Waals surface area contributed by atoms with Crippen molar-refractivity contribution in [2.45, 2.75) is 25.6 Å². The Hall–Kier alpha value is -3.41. The summed E-state index contributed by atoms with van der Waals surface area (Å²) in [5.41, 5.74) is 3.44. The van der Waals surface area contributed by atoms with Gasteiger partial charge in [0.2, 0.25) is 0 Å². The van der Waals surface area contributed by atoms with Crippen LogP contribution in [0.15, 0.2) is 67.0 Å². The summed E-state index contributed by atoms with van der Waals surface area (Å²) in [4.78, 5) is 26.2. The van der Waals surface area contributed by atoms with Crippen LogP contribution in [0.3, 0.4) is 0 Å². The predicted molar refractivity (Wildman–Crippen MR) is 99.2 cm³/mol. The molecular weight excluding hydrogens is 342 g/mol. The van der Waals surface area contributed by atoms with Gasteiger partial charge in [0.1, 0.15) is 6.04 Å². The summed E-state index contributed by atoms with van der Waals surface area (Å²) >= 11 is 0. The molecule has 0 bridgehead atoms. The average Bonchev–Trinajstić information content (AvgIpc) is 3.15. The number of carboxylic acid groups (broad SMARTS) is 1. The molecule has 1 aliphatic rings. The smallest absolute Gasteiger partial charge is 0.326 e. The Kier molecular flexibility index (Phi) is 4.46. The van der Waals surface area contributed by atoms with Crippen LogP contribution in [-0.2, 0) is 24.3 Å². The van der Waals surface area contributed by atoms with Gasteiger partial charge in [-0.2, -0.15) is 5.10 Å². The van der Waals surface area contributed by atoms with E-state index in [1.807, 2.05) is 54.6 Å². The van der Waals surface area contributed by atoms with Crippen LogP contribution in [0.5, 0.6) is 0 Å². The SMILES string of the molecule is O=C(O)[C@@H]1Cc2ccccc2CN1C(=O)c1cnn(Cc2ccccc2)c1. The van der Waals surface area contributed by atoms with Crippen LogP contribution in [0.2, 0.25) is 0 Å². The van der Waals surface area contributed by atoms with Crippen molar-refractivity contribution in [3.63, 3.8) is 0 Å². The van der Waals surface area contributed by atoms with Crippen LogP contribution >= 0.6 is 0 Å². The molecule has 1 N–H and O–H groups in total. The number of carbonyl (C=O) groups is 2. The van der Waals surface area contributed by atoms with E-state index in [2.05, 4.69) is 5.10 Å². The van der Waals surface area contributed by atoms with Gasteiger partial charge < -0.3 is 10.0 Å². The number of hydrogen-bond donors (Lipinski definition) is 1. The molecule has 4 rings (SSSR count). The van der Waals surface area contributed by atoms with Crippen molar-refractivity contribution >= 4 is 11.9 Å². The highest BCUT2D eigenvalue weighted by Gasteiger charge is 2.35. The van der Waals surface area contributed by atoms with E-state index in [0.717, 1.165) is 16.7 Å². The first kappa shape index (κ1) is 17.0. The second-order valence-electron chi connectivity index (χ2n) is 6.67. The molecule has 0 unspecified atom stereocenters. The molecule has 6 heteroatoms. The van der Waals surface area contributed by atoms with Crippen LogP contribution < -0.4 is 0 Å². The van der Waals surface area contributed by atoms with Crippen LogP contribution in [0.1, 0.15) is 27.0 Å². The molecule has 1 aromatic heterocycles. The topological polar surface area (TPSA) is 75.4 Å². The van der Waals surface area contributed by atoms with Crippen LogP contribution in [0.25, 0.3) is 0 Å². The molecule has 1 aliphatic heterocycles. The van der Waals surface area contributed by atoms with E-state index in [9.17, 15) is 14.7 Å². The highest BCUT2D eigenvalue weighted by molar-refractivity contribution is 5.96. The first-order valence-electron chi connectivity index (χ1n) is 8.79. The van der Waals surface area contributed by atoms with E-state index in [4.69, 9.17) is 0 Å². The Balaban J connectivity index is 1.57. The molecule has 0 saturated heterocycles. The van der Waals surface area contributed by atoms with Gasteiger partial charge in [0, 0.05) is 19.2 Å². The molecule has 0 fully saturated rings. The molecule has 2 heterocycles. The van der Waals surface area contributed by atoms with Gasteiger partial charge in [0.15, 0.2) is 0 Å². The zero-order chi connectivity index (χ0) is 18.8. The Labute approximate surface area is 156 Å². The molecule has 6 nitrogen and oxygen atoms in total. The minimum absolute atomic E-state index is 0.288. The molecule has 2 aromatic carbocycles. The van der Waals surface area contributed by atoms with Crippen molar-refractivity contribution in [3.05, 3.63) is 89.2 Å². The summed E-state index contributed by atoms with van der Waals surface area (Å²) in [6.07, 6.45) is 3.49. The van der Waals surface area contributed by atoms with E-state index in [1.54, 1.807) is 10.9 Å². The van der Waals surface area contributed by atoms with Crippen LogP contribution in [0.4, 0.5) is 0 Å². The molecule has 1 atom stereocenters. The third kappa shape index (κ3) is 3.46. The van der Waals surface area contributed by atoms with Crippen molar-refractivity contribution in [2.75, 3.05) is 0 Å². The summed E-state index contributed by atoms with van der Waals surface area (Å²) in [6.45, 7) is 0.842. The number of rotatable bonds is 4. The van der Waals surface area contributed by atoms with Crippen molar-refractivity contribution in [1.82, 2.24) is 14.7 Å². The second-order valence-corrected chi connectivity index (χ2v) is 6.67. The lowest BCUT2D eigenvalue weighted by atomic mass is 9.93. The van der Waals surface area contributed by atoms with E-state index in [1.165, 1.54) is 11.1 Å². The Morgan fingerprint density at radius 2 is 1.74 bits per heavy atom. The fraction of sp³-hybridized carbons (Fsp3) is 0.190. The average molecular weight is 361 g/mol. The lowest BCUT2D eigenvalue weighted by Gasteiger charge is -2.34. The number of hydrogen-bond acceptors (Lipinski definition) is 3. The van der Waals surface area contributed by atoms with Gasteiger partial charge in [-0.15, -0.1) is 0 Å². The van der Waals surface area contributed by atoms with Gasteiger partial charge in [-0.1, -0.05) is 54.6 Å². The summed E-state index contributed by atoms with van der Waals surface area (Å²) in [5, 5.41) is 13.9. The zero-order valence-electron chi connectivity index (χ0n) is 14.7. The maximum Gasteiger partial charge on any atom is 0.326 e. The van der Waals surface area contributed by atoms with Crippen LogP contribution in [-0.4, -0.2) is 37.7 Å². The molecule has 0 aliphatic carbocycles. The zero-order valence-corrected chi connectivity index (χ0v) is 14.7. The van der Waals surface area contributed by atoms with Crippen molar-refractivity contribution in [1.29, 1.82) is 0 Å².